The largest absolute Gasteiger partial charge is 0.324 e. The fraction of sp³-hybridized carbons (Fsp3) is 0.100. The highest BCUT2D eigenvalue weighted by molar-refractivity contribution is 9.10. The number of halogens is 3. The van der Waals surface area contributed by atoms with Crippen molar-refractivity contribution in [3.05, 3.63) is 38.8 Å². The smallest absolute Gasteiger partial charge is 0.232 e. The topological polar surface area (TPSA) is 50.7 Å². The predicted octanol–water partition coefficient (Wildman–Crippen LogP) is 3.99. The van der Waals surface area contributed by atoms with Crippen LogP contribution < -0.4 is 5.32 Å². The van der Waals surface area contributed by atoms with Gasteiger partial charge in [-0.25, -0.2) is 0 Å². The molecule has 2 rings (SSSR count). The number of nitrogens with one attached hydrogen (secondary N) is 1. The van der Waals surface area contributed by atoms with Crippen LogP contribution in [0.1, 0.15) is 5.56 Å². The summed E-state index contributed by atoms with van der Waals surface area (Å²) >= 11 is 14.8. The van der Waals surface area contributed by atoms with E-state index < -0.39 is 0 Å². The molecule has 0 atom stereocenters. The first kappa shape index (κ1) is 12.5. The highest BCUT2D eigenvalue weighted by Gasteiger charge is 2.05. The third-order valence-electron chi connectivity index (χ3n) is 2.02. The lowest BCUT2D eigenvalue weighted by atomic mass is 10.2. The monoisotopic (exact) mass is 332 g/mol. The second kappa shape index (κ2) is 5.16. The summed E-state index contributed by atoms with van der Waals surface area (Å²) in [7, 11) is 0. The second-order valence-electron chi connectivity index (χ2n) is 3.28. The maximum absolute atomic E-state index is 5.69. The Morgan fingerprint density at radius 2 is 1.76 bits per heavy atom. The average Bonchev–Trinajstić information content (AvgIpc) is 2.21. The molecule has 17 heavy (non-hydrogen) atoms. The number of rotatable bonds is 2. The van der Waals surface area contributed by atoms with Crippen LogP contribution in [0.5, 0.6) is 0 Å². The first-order valence-corrected chi connectivity index (χ1v) is 6.20. The Kier molecular flexibility index (Phi) is 3.81. The van der Waals surface area contributed by atoms with Crippen molar-refractivity contribution >= 4 is 50.8 Å². The van der Waals surface area contributed by atoms with Crippen molar-refractivity contribution in [3.63, 3.8) is 0 Å². The highest BCUT2D eigenvalue weighted by Crippen LogP contribution is 2.23. The molecule has 0 unspecified atom stereocenters. The van der Waals surface area contributed by atoms with Crippen LogP contribution in [0.4, 0.5) is 11.6 Å². The van der Waals surface area contributed by atoms with E-state index in [0.29, 0.717) is 5.95 Å². The fourth-order valence-electron chi connectivity index (χ4n) is 1.27. The first-order valence-electron chi connectivity index (χ1n) is 4.65. The van der Waals surface area contributed by atoms with Gasteiger partial charge < -0.3 is 5.32 Å². The average molecular weight is 334 g/mol. The molecule has 2 aromatic rings. The van der Waals surface area contributed by atoms with Gasteiger partial charge in [-0.15, -0.1) is 0 Å². The molecule has 0 spiro atoms. The molecule has 4 nitrogen and oxygen atoms in total. The van der Waals surface area contributed by atoms with Crippen LogP contribution in [-0.4, -0.2) is 15.0 Å². The molecule has 0 aliphatic carbocycles. The third-order valence-corrected chi connectivity index (χ3v) is 2.85. The van der Waals surface area contributed by atoms with Crippen molar-refractivity contribution in [2.75, 3.05) is 5.32 Å². The number of aromatic nitrogens is 3. The molecule has 0 fully saturated rings. The van der Waals surface area contributed by atoms with Gasteiger partial charge in [0, 0.05) is 10.2 Å². The van der Waals surface area contributed by atoms with Gasteiger partial charge in [-0.05, 0) is 53.9 Å². The van der Waals surface area contributed by atoms with Crippen molar-refractivity contribution in [1.29, 1.82) is 0 Å². The highest BCUT2D eigenvalue weighted by atomic mass is 79.9. The number of hydrogen-bond acceptors (Lipinski definition) is 4. The minimum absolute atomic E-state index is 0.0577. The summed E-state index contributed by atoms with van der Waals surface area (Å²) in [6, 6.07) is 5.80. The summed E-state index contributed by atoms with van der Waals surface area (Å²) in [5.41, 5.74) is 1.93. The minimum atomic E-state index is 0.0577. The maximum atomic E-state index is 5.69. The van der Waals surface area contributed by atoms with Gasteiger partial charge in [-0.3, -0.25) is 0 Å². The number of anilines is 2. The van der Waals surface area contributed by atoms with Crippen LogP contribution in [0.2, 0.25) is 10.6 Å². The second-order valence-corrected chi connectivity index (χ2v) is 4.87. The van der Waals surface area contributed by atoms with Gasteiger partial charge >= 0.3 is 0 Å². The van der Waals surface area contributed by atoms with E-state index in [1.54, 1.807) is 0 Å². The quantitative estimate of drug-likeness (QED) is 0.902. The standard InChI is InChI=1S/C10H7BrCl2N4/c1-5-4-6(11)2-3-7(5)14-10-16-8(12)15-9(13)17-10/h2-4H,1H3,(H,14,15,16,17). The fourth-order valence-corrected chi connectivity index (χ4v) is 2.11. The summed E-state index contributed by atoms with van der Waals surface area (Å²) in [6.45, 7) is 1.97. The molecule has 1 aromatic heterocycles. The normalized spacial score (nSPS) is 10.4. The number of hydrogen-bond donors (Lipinski definition) is 1. The molecule has 0 amide bonds. The summed E-state index contributed by atoms with van der Waals surface area (Å²) in [4.78, 5) is 11.5. The van der Waals surface area contributed by atoms with E-state index in [1.165, 1.54) is 0 Å². The van der Waals surface area contributed by atoms with Gasteiger partial charge in [-0.1, -0.05) is 15.9 Å². The summed E-state index contributed by atoms with van der Waals surface area (Å²) in [5.74, 6) is 0.320. The van der Waals surface area contributed by atoms with Crippen molar-refractivity contribution in [2.45, 2.75) is 6.92 Å². The van der Waals surface area contributed by atoms with E-state index in [1.807, 2.05) is 25.1 Å². The lowest BCUT2D eigenvalue weighted by Gasteiger charge is -2.08. The van der Waals surface area contributed by atoms with Crippen LogP contribution in [0.25, 0.3) is 0 Å². The Labute approximate surface area is 117 Å². The minimum Gasteiger partial charge on any atom is -0.324 e. The zero-order chi connectivity index (χ0) is 12.4. The van der Waals surface area contributed by atoms with E-state index in [9.17, 15) is 0 Å². The first-order chi connectivity index (χ1) is 8.04. The molecule has 88 valence electrons. The molecule has 0 bridgehead atoms. The van der Waals surface area contributed by atoms with E-state index in [-0.39, 0.29) is 10.6 Å². The Hall–Kier alpha value is -0.910. The van der Waals surface area contributed by atoms with Crippen molar-refractivity contribution in [2.24, 2.45) is 0 Å². The van der Waals surface area contributed by atoms with Gasteiger partial charge in [0.15, 0.2) is 0 Å². The van der Waals surface area contributed by atoms with Crippen LogP contribution in [0, 0.1) is 6.92 Å². The van der Waals surface area contributed by atoms with Crippen LogP contribution in [0.3, 0.4) is 0 Å². The zero-order valence-electron chi connectivity index (χ0n) is 8.71. The van der Waals surface area contributed by atoms with Crippen molar-refractivity contribution in [3.8, 4) is 0 Å². The number of aryl methyl sites for hydroxylation is 1. The van der Waals surface area contributed by atoms with E-state index in [0.717, 1.165) is 15.7 Å². The molecule has 0 saturated carbocycles. The Balaban J connectivity index is 2.31. The summed E-state index contributed by atoms with van der Waals surface area (Å²) in [5, 5.41) is 3.14. The molecular formula is C10H7BrCl2N4. The molecule has 1 aromatic carbocycles. The SMILES string of the molecule is Cc1cc(Br)ccc1Nc1nc(Cl)nc(Cl)n1. The number of benzene rings is 1. The molecule has 0 saturated heterocycles. The van der Waals surface area contributed by atoms with Gasteiger partial charge in [0.1, 0.15) is 0 Å². The van der Waals surface area contributed by atoms with Crippen LogP contribution >= 0.6 is 39.1 Å². The van der Waals surface area contributed by atoms with E-state index >= 15 is 0 Å². The Morgan fingerprint density at radius 3 is 2.35 bits per heavy atom. The maximum Gasteiger partial charge on any atom is 0.232 e. The zero-order valence-corrected chi connectivity index (χ0v) is 11.8. The van der Waals surface area contributed by atoms with Crippen LogP contribution in [0.15, 0.2) is 22.7 Å². The van der Waals surface area contributed by atoms with E-state index in [4.69, 9.17) is 23.2 Å². The van der Waals surface area contributed by atoms with Crippen LogP contribution in [-0.2, 0) is 0 Å². The molecule has 7 heteroatoms. The van der Waals surface area contributed by atoms with E-state index in [2.05, 4.69) is 36.2 Å². The third kappa shape index (κ3) is 3.28. The molecule has 0 aliphatic rings. The van der Waals surface area contributed by atoms with Gasteiger partial charge in [-0.2, -0.15) is 15.0 Å². The summed E-state index contributed by atoms with van der Waals surface area (Å²) < 4.78 is 1.01. The van der Waals surface area contributed by atoms with Gasteiger partial charge in [0.2, 0.25) is 16.5 Å². The molecule has 0 aliphatic heterocycles. The number of nitrogens with zero attached hydrogens (tertiary/aromatic N) is 3. The van der Waals surface area contributed by atoms with Gasteiger partial charge in [0.25, 0.3) is 0 Å². The summed E-state index contributed by atoms with van der Waals surface area (Å²) in [6.07, 6.45) is 0. The Bertz CT molecular complexity index is 542. The predicted molar refractivity (Wildman–Crippen MR) is 72.0 cm³/mol. The Morgan fingerprint density at radius 1 is 1.12 bits per heavy atom. The molecular weight excluding hydrogens is 327 g/mol. The van der Waals surface area contributed by atoms with Crippen molar-refractivity contribution < 1.29 is 0 Å². The van der Waals surface area contributed by atoms with Crippen molar-refractivity contribution in [1.82, 2.24) is 15.0 Å². The lowest BCUT2D eigenvalue weighted by Crippen LogP contribution is -2.00. The lowest BCUT2D eigenvalue weighted by molar-refractivity contribution is 1.05. The van der Waals surface area contributed by atoms with Gasteiger partial charge in [0.05, 0.1) is 0 Å². The molecule has 0 radical (unpaired) electrons. The molecule has 1 N–H and O–H groups in total. The molecule has 1 heterocycles.